The first-order valence-corrected chi connectivity index (χ1v) is 9.79. The molecule has 7 heteroatoms. The van der Waals surface area contributed by atoms with Gasteiger partial charge in [-0.2, -0.15) is 4.98 Å². The van der Waals surface area contributed by atoms with E-state index in [0.717, 1.165) is 42.8 Å². The number of primary amides is 1. The molecular formula is C22H24N4O3. The van der Waals surface area contributed by atoms with Crippen LogP contribution in [-0.2, 0) is 17.9 Å². The zero-order valence-electron chi connectivity index (χ0n) is 16.2. The van der Waals surface area contributed by atoms with Gasteiger partial charge >= 0.3 is 0 Å². The van der Waals surface area contributed by atoms with Gasteiger partial charge in [0.2, 0.25) is 17.6 Å². The summed E-state index contributed by atoms with van der Waals surface area (Å²) in [5.41, 5.74) is 7.38. The van der Waals surface area contributed by atoms with Crippen molar-refractivity contribution in [1.82, 2.24) is 15.0 Å². The Hall–Kier alpha value is -3.19. The molecule has 0 unspecified atom stereocenters. The van der Waals surface area contributed by atoms with Gasteiger partial charge in [0.05, 0.1) is 6.54 Å². The molecule has 0 bridgehead atoms. The lowest BCUT2D eigenvalue weighted by Crippen LogP contribution is -2.38. The van der Waals surface area contributed by atoms with Crippen molar-refractivity contribution in [2.45, 2.75) is 26.0 Å². The van der Waals surface area contributed by atoms with Crippen molar-refractivity contribution in [3.8, 4) is 17.1 Å². The van der Waals surface area contributed by atoms with E-state index in [-0.39, 0.29) is 11.8 Å². The van der Waals surface area contributed by atoms with Crippen molar-refractivity contribution >= 4 is 5.91 Å². The predicted molar refractivity (Wildman–Crippen MR) is 108 cm³/mol. The van der Waals surface area contributed by atoms with Gasteiger partial charge in [0.1, 0.15) is 12.4 Å². The predicted octanol–water partition coefficient (Wildman–Crippen LogP) is 3.01. The van der Waals surface area contributed by atoms with Gasteiger partial charge < -0.3 is 15.0 Å². The lowest BCUT2D eigenvalue weighted by atomic mass is 9.96. The third-order valence-corrected chi connectivity index (χ3v) is 5.18. The Morgan fingerprint density at radius 3 is 2.52 bits per heavy atom. The normalized spacial score (nSPS) is 15.3. The quantitative estimate of drug-likeness (QED) is 0.664. The van der Waals surface area contributed by atoms with Crippen LogP contribution in [0.1, 0.15) is 24.3 Å². The molecule has 0 atom stereocenters. The molecule has 2 N–H and O–H groups in total. The van der Waals surface area contributed by atoms with Crippen LogP contribution in [-0.4, -0.2) is 34.0 Å². The topological polar surface area (TPSA) is 94.5 Å². The van der Waals surface area contributed by atoms with Crippen LogP contribution < -0.4 is 10.5 Å². The summed E-state index contributed by atoms with van der Waals surface area (Å²) in [4.78, 5) is 18.0. The van der Waals surface area contributed by atoms with Crippen LogP contribution in [0.2, 0.25) is 0 Å². The standard InChI is InChI=1S/C22H24N4O3/c23-21(27)17-10-12-26(13-11-17)14-20-24-22(25-29-20)18-6-8-19(9-7-18)28-15-16-4-2-1-3-5-16/h1-9,17H,10-15H2,(H2,23,27). The van der Waals surface area contributed by atoms with Crippen LogP contribution in [0.25, 0.3) is 11.4 Å². The summed E-state index contributed by atoms with van der Waals surface area (Å²) >= 11 is 0. The summed E-state index contributed by atoms with van der Waals surface area (Å²) in [5, 5.41) is 4.09. The van der Waals surface area contributed by atoms with Gasteiger partial charge in [-0.1, -0.05) is 35.5 Å². The Balaban J connectivity index is 1.31. The molecule has 29 heavy (non-hydrogen) atoms. The largest absolute Gasteiger partial charge is 0.489 e. The minimum Gasteiger partial charge on any atom is -0.489 e. The van der Waals surface area contributed by atoms with E-state index in [9.17, 15) is 4.79 Å². The zero-order valence-corrected chi connectivity index (χ0v) is 16.2. The number of likely N-dealkylation sites (tertiary alicyclic amines) is 1. The lowest BCUT2D eigenvalue weighted by Gasteiger charge is -2.29. The molecule has 1 amide bonds. The molecule has 2 aromatic carbocycles. The van der Waals surface area contributed by atoms with Gasteiger partial charge in [-0.05, 0) is 55.8 Å². The summed E-state index contributed by atoms with van der Waals surface area (Å²) in [6, 6.07) is 17.7. The van der Waals surface area contributed by atoms with Gasteiger partial charge in [-0.3, -0.25) is 9.69 Å². The fourth-order valence-electron chi connectivity index (χ4n) is 3.44. The number of nitrogens with zero attached hydrogens (tertiary/aromatic N) is 3. The Morgan fingerprint density at radius 2 is 1.83 bits per heavy atom. The molecule has 4 rings (SSSR count). The van der Waals surface area contributed by atoms with Crippen molar-refractivity contribution in [1.29, 1.82) is 0 Å². The smallest absolute Gasteiger partial charge is 0.241 e. The van der Waals surface area contributed by atoms with E-state index in [0.29, 0.717) is 24.9 Å². The molecule has 150 valence electrons. The SMILES string of the molecule is NC(=O)C1CCN(Cc2nc(-c3ccc(OCc4ccccc4)cc3)no2)CC1. The highest BCUT2D eigenvalue weighted by Crippen LogP contribution is 2.22. The van der Waals surface area contributed by atoms with E-state index < -0.39 is 0 Å². The van der Waals surface area contributed by atoms with Gasteiger partial charge in [0, 0.05) is 11.5 Å². The van der Waals surface area contributed by atoms with Crippen LogP contribution >= 0.6 is 0 Å². The van der Waals surface area contributed by atoms with Crippen LogP contribution in [0.4, 0.5) is 0 Å². The highest BCUT2D eigenvalue weighted by Gasteiger charge is 2.24. The molecule has 7 nitrogen and oxygen atoms in total. The van der Waals surface area contributed by atoms with E-state index in [1.807, 2.05) is 54.6 Å². The number of rotatable bonds is 7. The van der Waals surface area contributed by atoms with Crippen LogP contribution in [0.3, 0.4) is 0 Å². The van der Waals surface area contributed by atoms with Gasteiger partial charge in [0.15, 0.2) is 0 Å². The second-order valence-corrected chi connectivity index (χ2v) is 7.26. The summed E-state index contributed by atoms with van der Waals surface area (Å²) in [6.45, 7) is 2.72. The number of carbonyl (C=O) groups is 1. The number of nitrogens with two attached hydrogens (primary N) is 1. The maximum atomic E-state index is 11.3. The second kappa shape index (κ2) is 8.87. The molecule has 1 aliphatic rings. The average Bonchev–Trinajstić information content (AvgIpc) is 3.22. The molecule has 1 fully saturated rings. The monoisotopic (exact) mass is 392 g/mol. The van der Waals surface area contributed by atoms with Crippen molar-refractivity contribution < 1.29 is 14.1 Å². The maximum absolute atomic E-state index is 11.3. The number of piperidine rings is 1. The van der Waals surface area contributed by atoms with Gasteiger partial charge in [-0.15, -0.1) is 0 Å². The third kappa shape index (κ3) is 5.00. The first-order valence-electron chi connectivity index (χ1n) is 9.79. The Kier molecular flexibility index (Phi) is 5.86. The fourth-order valence-corrected chi connectivity index (χ4v) is 3.44. The molecule has 1 aromatic heterocycles. The third-order valence-electron chi connectivity index (χ3n) is 5.18. The Bertz CT molecular complexity index is 932. The minimum absolute atomic E-state index is 0.0212. The Morgan fingerprint density at radius 1 is 1.10 bits per heavy atom. The van der Waals surface area contributed by atoms with E-state index in [1.54, 1.807) is 0 Å². The number of ether oxygens (including phenoxy) is 1. The summed E-state index contributed by atoms with van der Waals surface area (Å²) in [7, 11) is 0. The van der Waals surface area contributed by atoms with Gasteiger partial charge in [0.25, 0.3) is 0 Å². The van der Waals surface area contributed by atoms with Crippen molar-refractivity contribution in [2.24, 2.45) is 11.7 Å². The molecule has 0 spiro atoms. The first-order chi connectivity index (χ1) is 14.2. The van der Waals surface area contributed by atoms with Crippen molar-refractivity contribution in [3.05, 3.63) is 66.1 Å². The second-order valence-electron chi connectivity index (χ2n) is 7.26. The molecule has 0 radical (unpaired) electrons. The van der Waals surface area contributed by atoms with E-state index in [1.165, 1.54) is 0 Å². The number of benzene rings is 2. The van der Waals surface area contributed by atoms with Crippen molar-refractivity contribution in [2.75, 3.05) is 13.1 Å². The minimum atomic E-state index is -0.207. The maximum Gasteiger partial charge on any atom is 0.241 e. The average molecular weight is 392 g/mol. The zero-order chi connectivity index (χ0) is 20.1. The number of amides is 1. The summed E-state index contributed by atoms with van der Waals surface area (Å²) < 4.78 is 11.2. The molecule has 1 aliphatic heterocycles. The van der Waals surface area contributed by atoms with E-state index in [2.05, 4.69) is 15.0 Å². The molecular weight excluding hydrogens is 368 g/mol. The summed E-state index contributed by atoms with van der Waals surface area (Å²) in [6.07, 6.45) is 1.56. The highest BCUT2D eigenvalue weighted by molar-refractivity contribution is 5.76. The lowest BCUT2D eigenvalue weighted by molar-refractivity contribution is -0.123. The van der Waals surface area contributed by atoms with E-state index in [4.69, 9.17) is 15.0 Å². The molecule has 3 aromatic rings. The highest BCUT2D eigenvalue weighted by atomic mass is 16.5. The number of hydrogen-bond acceptors (Lipinski definition) is 6. The Labute approximate surface area is 169 Å². The number of carbonyl (C=O) groups excluding carboxylic acids is 1. The van der Waals surface area contributed by atoms with Crippen LogP contribution in [0, 0.1) is 5.92 Å². The summed E-state index contributed by atoms with van der Waals surface area (Å²) in [5.74, 6) is 1.69. The van der Waals surface area contributed by atoms with Crippen LogP contribution in [0.5, 0.6) is 5.75 Å². The molecule has 1 saturated heterocycles. The number of hydrogen-bond donors (Lipinski definition) is 1. The molecule has 0 saturated carbocycles. The molecule has 0 aliphatic carbocycles. The first kappa shape index (κ1) is 19.1. The fraction of sp³-hybridized carbons (Fsp3) is 0.318. The number of aromatic nitrogens is 2. The van der Waals surface area contributed by atoms with E-state index >= 15 is 0 Å². The van der Waals surface area contributed by atoms with Crippen molar-refractivity contribution in [3.63, 3.8) is 0 Å². The van der Waals surface area contributed by atoms with Crippen LogP contribution in [0.15, 0.2) is 59.1 Å². The molecule has 2 heterocycles. The van der Waals surface area contributed by atoms with Gasteiger partial charge in [-0.25, -0.2) is 0 Å².